The van der Waals surface area contributed by atoms with E-state index >= 15 is 0 Å². The molecule has 1 aliphatic heterocycles. The van der Waals surface area contributed by atoms with Gasteiger partial charge in [-0.25, -0.2) is 0 Å². The Bertz CT molecular complexity index is 1500. The molecule has 0 unspecified atom stereocenters. The number of benzene rings is 2. The van der Waals surface area contributed by atoms with E-state index in [1.165, 1.54) is 0 Å². The maximum atomic E-state index is 12.8. The Balaban J connectivity index is 1.39. The van der Waals surface area contributed by atoms with Crippen molar-refractivity contribution < 1.29 is 14.3 Å². The van der Waals surface area contributed by atoms with E-state index in [4.69, 9.17) is 14.6 Å². The third-order valence-electron chi connectivity index (χ3n) is 7.55. The van der Waals surface area contributed by atoms with Crippen LogP contribution in [0.4, 0.5) is 0 Å². The zero-order chi connectivity index (χ0) is 29.7. The number of amides is 1. The van der Waals surface area contributed by atoms with Crippen LogP contribution in [0.2, 0.25) is 14.8 Å². The van der Waals surface area contributed by atoms with Crippen molar-refractivity contribution in [3.8, 4) is 28.4 Å². The summed E-state index contributed by atoms with van der Waals surface area (Å²) in [5.41, 5.74) is 6.48. The Morgan fingerprint density at radius 3 is 2.43 bits per heavy atom. The Labute approximate surface area is 252 Å². The number of nitrogens with zero attached hydrogens (tertiary/aromatic N) is 7. The van der Waals surface area contributed by atoms with Gasteiger partial charge in [-0.2, -0.15) is 0 Å². The number of hydrogen-bond donors (Lipinski definition) is 0. The van der Waals surface area contributed by atoms with Crippen LogP contribution in [0, 0.1) is 0 Å². The molecule has 0 spiro atoms. The molecule has 2 aromatic carbocycles. The molecule has 5 rings (SSSR count). The molecule has 0 N–H and O–H groups in total. The van der Waals surface area contributed by atoms with Crippen LogP contribution in [0.5, 0.6) is 5.88 Å². The molecule has 1 fully saturated rings. The van der Waals surface area contributed by atoms with Gasteiger partial charge in [0.05, 0.1) is 13.2 Å². The average molecular weight is 678 g/mol. The van der Waals surface area contributed by atoms with Crippen molar-refractivity contribution >= 4 is 24.6 Å². The fourth-order valence-electron chi connectivity index (χ4n) is 5.29. The summed E-state index contributed by atoms with van der Waals surface area (Å²) in [6, 6.07) is 17.0. The first kappa shape index (κ1) is 30.2. The van der Waals surface area contributed by atoms with Crippen LogP contribution in [-0.2, 0) is 29.4 Å². The monoisotopic (exact) mass is 679 g/mol. The number of rotatable bonds is 11. The molecule has 1 aliphatic rings. The van der Waals surface area contributed by atoms with E-state index in [-0.39, 0.29) is 12.5 Å². The summed E-state index contributed by atoms with van der Waals surface area (Å²) in [6.45, 7) is 4.52. The predicted octanol–water partition coefficient (Wildman–Crippen LogP) is 4.59. The van der Waals surface area contributed by atoms with Crippen molar-refractivity contribution in [2.24, 2.45) is 7.05 Å². The summed E-state index contributed by atoms with van der Waals surface area (Å²) in [6.07, 6.45) is 3.67. The van der Waals surface area contributed by atoms with Gasteiger partial charge in [0.1, 0.15) is 0 Å². The average Bonchev–Trinajstić information content (AvgIpc) is 3.61. The van der Waals surface area contributed by atoms with Crippen LogP contribution in [0.1, 0.15) is 36.6 Å². The molecule has 0 bridgehead atoms. The van der Waals surface area contributed by atoms with Gasteiger partial charge in [0.2, 0.25) is 0 Å². The number of aromatic nitrogens is 6. The van der Waals surface area contributed by atoms with E-state index in [1.807, 2.05) is 13.1 Å². The van der Waals surface area contributed by atoms with Crippen LogP contribution in [0.15, 0.2) is 48.5 Å². The molecule has 2 aromatic heterocycles. The standard InChI is InChI=1S/C28H32N7O3.3CH3.Sn/c1-3-4-9-25-24(28(34(2)31-25)38-19-26(36)35-14-16-37-17-15-35)18-20-10-12-21(13-11-20)22-7-5-6-8-23(22)27-29-32-33-30-27;;;;/h5-8,10-13H,3-4,9,14-19H2,1-2H3;3*1H3;/q-1;;;;+1. The summed E-state index contributed by atoms with van der Waals surface area (Å²) >= 11 is -2.59. The maximum absolute atomic E-state index is 12.8. The van der Waals surface area contributed by atoms with Gasteiger partial charge in [-0.1, -0.05) is 13.3 Å². The molecule has 0 aliphatic carbocycles. The Morgan fingerprint density at radius 2 is 1.74 bits per heavy atom. The second-order valence-electron chi connectivity index (χ2n) is 11.7. The molecule has 11 heteroatoms. The van der Waals surface area contributed by atoms with Crippen molar-refractivity contribution in [1.82, 2.24) is 33.1 Å². The zero-order valence-corrected chi connectivity index (χ0v) is 28.2. The van der Waals surface area contributed by atoms with Crippen molar-refractivity contribution in [2.75, 3.05) is 32.9 Å². The molecule has 42 heavy (non-hydrogen) atoms. The Kier molecular flexibility index (Phi) is 9.62. The molecule has 10 nitrogen and oxygen atoms in total. The molecule has 0 radical (unpaired) electrons. The minimum atomic E-state index is -2.59. The summed E-state index contributed by atoms with van der Waals surface area (Å²) in [5, 5.41) is 17.6. The minimum absolute atomic E-state index is 0.00612. The van der Waals surface area contributed by atoms with Crippen molar-refractivity contribution in [3.05, 3.63) is 65.4 Å². The molecule has 0 atom stereocenters. The molecular formula is C31H41N7O3Sn. The third kappa shape index (κ3) is 6.86. The quantitative estimate of drug-likeness (QED) is 0.214. The van der Waals surface area contributed by atoms with Crippen LogP contribution in [-0.4, -0.2) is 90.6 Å². The van der Waals surface area contributed by atoms with Crippen molar-refractivity contribution in [3.63, 3.8) is 0 Å². The van der Waals surface area contributed by atoms with Crippen LogP contribution in [0.3, 0.4) is 0 Å². The molecule has 3 heterocycles. The Hall–Kier alpha value is -3.25. The van der Waals surface area contributed by atoms with Crippen LogP contribution in [0.25, 0.3) is 22.5 Å². The van der Waals surface area contributed by atoms with Gasteiger partial charge < -0.3 is 9.64 Å². The van der Waals surface area contributed by atoms with E-state index in [0.29, 0.717) is 38.6 Å². The molecular weight excluding hydrogens is 637 g/mol. The van der Waals surface area contributed by atoms with Crippen LogP contribution < -0.4 is 4.74 Å². The van der Waals surface area contributed by atoms with Gasteiger partial charge in [0, 0.05) is 20.1 Å². The fourth-order valence-corrected chi connectivity index (χ4v) is 8.45. The number of unbranched alkanes of at least 4 members (excludes halogenated alkanes) is 1. The van der Waals surface area contributed by atoms with E-state index in [0.717, 1.165) is 58.6 Å². The number of ether oxygens (including phenoxy) is 2. The first-order chi connectivity index (χ1) is 20.3. The summed E-state index contributed by atoms with van der Waals surface area (Å²) in [7, 11) is 1.89. The third-order valence-corrected chi connectivity index (χ3v) is 12.0. The Morgan fingerprint density at radius 1 is 1.02 bits per heavy atom. The number of hydrogen-bond acceptors (Lipinski definition) is 7. The predicted molar refractivity (Wildman–Crippen MR) is 165 cm³/mol. The van der Waals surface area contributed by atoms with Gasteiger partial charge in [-0.3, -0.25) is 4.79 Å². The first-order valence-electron chi connectivity index (χ1n) is 14.8. The van der Waals surface area contributed by atoms with Gasteiger partial charge >= 0.3 is 173 Å². The molecule has 4 aromatic rings. The van der Waals surface area contributed by atoms with E-state index < -0.39 is 18.7 Å². The second kappa shape index (κ2) is 13.4. The first-order valence-corrected chi connectivity index (χ1v) is 24.6. The van der Waals surface area contributed by atoms with Gasteiger partial charge in [0.25, 0.3) is 5.91 Å². The second-order valence-corrected chi connectivity index (χ2v) is 25.3. The molecule has 1 amide bonds. The summed E-state index contributed by atoms with van der Waals surface area (Å²) in [4.78, 5) is 21.5. The number of carbonyl (C=O) groups is 1. The number of aryl methyl sites for hydroxylation is 2. The SMILES string of the molecule is CCCCc1nn(C)c(OCC(=O)N2CCOCC2)c1Cc1ccc(-c2ccccc2-c2nnn[n]2[Sn]([CH3])([CH3])[CH3])cc1. The molecule has 1 saturated heterocycles. The van der Waals surface area contributed by atoms with Crippen molar-refractivity contribution in [2.45, 2.75) is 47.4 Å². The topological polar surface area (TPSA) is 100 Å². The van der Waals surface area contributed by atoms with E-state index in [1.54, 1.807) is 9.58 Å². The van der Waals surface area contributed by atoms with E-state index in [9.17, 15) is 4.79 Å². The van der Waals surface area contributed by atoms with E-state index in [2.05, 4.69) is 82.6 Å². The van der Waals surface area contributed by atoms with Crippen molar-refractivity contribution in [1.29, 1.82) is 0 Å². The number of tetrazole rings is 1. The summed E-state index contributed by atoms with van der Waals surface area (Å²) < 4.78 is 15.4. The van der Waals surface area contributed by atoms with Gasteiger partial charge in [0.15, 0.2) is 6.61 Å². The number of carbonyl (C=O) groups excluding carboxylic acids is 1. The van der Waals surface area contributed by atoms with Gasteiger partial charge in [-0.05, 0) is 6.42 Å². The van der Waals surface area contributed by atoms with Crippen LogP contribution >= 0.6 is 0 Å². The number of morpholine rings is 1. The summed E-state index contributed by atoms with van der Waals surface area (Å²) in [5.74, 6) is 1.48. The molecule has 222 valence electrons. The zero-order valence-electron chi connectivity index (χ0n) is 25.3. The fraction of sp³-hybridized carbons (Fsp3) is 0.452. The van der Waals surface area contributed by atoms with Gasteiger partial charge in [-0.15, -0.1) is 0 Å². The molecule has 0 saturated carbocycles. The normalized spacial score (nSPS) is 13.9.